The van der Waals surface area contributed by atoms with Crippen molar-refractivity contribution in [3.63, 3.8) is 0 Å². The number of carbonyl (C=O) groups is 1. The summed E-state index contributed by atoms with van der Waals surface area (Å²) < 4.78 is 2.91. The molecule has 6 heteroatoms. The van der Waals surface area contributed by atoms with Gasteiger partial charge in [0.2, 0.25) is 0 Å². The van der Waals surface area contributed by atoms with Crippen molar-refractivity contribution in [3.8, 4) is 0 Å². The number of halogens is 3. The second-order valence-corrected chi connectivity index (χ2v) is 8.10. The molecule has 0 saturated heterocycles. The van der Waals surface area contributed by atoms with Crippen LogP contribution in [-0.2, 0) is 6.42 Å². The van der Waals surface area contributed by atoms with Crippen LogP contribution in [0.2, 0.25) is 0 Å². The van der Waals surface area contributed by atoms with Crippen LogP contribution in [0.25, 0.3) is 0 Å². The number of rotatable bonds is 3. The van der Waals surface area contributed by atoms with Gasteiger partial charge in [-0.25, -0.2) is 0 Å². The summed E-state index contributed by atoms with van der Waals surface area (Å²) in [6.45, 7) is 0. The van der Waals surface area contributed by atoms with Gasteiger partial charge < -0.3 is 0 Å². The van der Waals surface area contributed by atoms with Crippen LogP contribution in [0, 0.1) is 0 Å². The summed E-state index contributed by atoms with van der Waals surface area (Å²) in [5, 5.41) is 1.98. The minimum atomic E-state index is 0.152. The third-order valence-corrected chi connectivity index (χ3v) is 7.16. The summed E-state index contributed by atoms with van der Waals surface area (Å²) >= 11 is 13.3. The lowest BCUT2D eigenvalue weighted by atomic mass is 10.2. The second-order valence-electron chi connectivity index (χ2n) is 3.02. The van der Waals surface area contributed by atoms with E-state index in [1.807, 2.05) is 17.5 Å². The summed E-state index contributed by atoms with van der Waals surface area (Å²) in [6.07, 6.45) is 0.456. The molecule has 0 aliphatic heterocycles. The largest absolute Gasteiger partial charge is 0.293 e. The Morgan fingerprint density at radius 1 is 1.25 bits per heavy atom. The molecule has 0 saturated carbocycles. The molecule has 0 N–H and O–H groups in total. The van der Waals surface area contributed by atoms with E-state index in [1.54, 1.807) is 11.3 Å². The second kappa shape index (κ2) is 5.44. The highest BCUT2D eigenvalue weighted by Gasteiger charge is 2.14. The van der Waals surface area contributed by atoms with E-state index in [-0.39, 0.29) is 5.78 Å². The third-order valence-electron chi connectivity index (χ3n) is 1.93. The number of Topliss-reactive ketones (excluding diaryl/α,β-unsaturated/α-hetero) is 1. The van der Waals surface area contributed by atoms with Crippen molar-refractivity contribution < 1.29 is 4.79 Å². The van der Waals surface area contributed by atoms with E-state index in [9.17, 15) is 4.79 Å². The van der Waals surface area contributed by atoms with Gasteiger partial charge in [-0.05, 0) is 65.3 Å². The molecular formula is C10H5Br3OS2. The Bertz CT molecular complexity index is 510. The fourth-order valence-electron chi connectivity index (χ4n) is 1.17. The minimum absolute atomic E-state index is 0.152. The Labute approximate surface area is 126 Å². The zero-order chi connectivity index (χ0) is 11.7. The molecule has 0 aliphatic rings. The fourth-order valence-corrected chi connectivity index (χ4v) is 4.63. The molecule has 2 aromatic heterocycles. The van der Waals surface area contributed by atoms with Gasteiger partial charge in [-0.15, -0.1) is 22.7 Å². The van der Waals surface area contributed by atoms with Gasteiger partial charge in [0.15, 0.2) is 5.78 Å². The van der Waals surface area contributed by atoms with Crippen LogP contribution in [0.3, 0.4) is 0 Å². The third kappa shape index (κ3) is 2.85. The van der Waals surface area contributed by atoms with E-state index >= 15 is 0 Å². The molecule has 2 heterocycles. The first kappa shape index (κ1) is 13.0. The zero-order valence-electron chi connectivity index (χ0n) is 7.80. The Hall–Kier alpha value is 0.510. The molecule has 0 aromatic carbocycles. The SMILES string of the molecule is O=C(Cc1sccc1Br)c1cc(Br)c(Br)s1. The maximum atomic E-state index is 12.0. The molecule has 0 unspecified atom stereocenters. The molecule has 84 valence electrons. The summed E-state index contributed by atoms with van der Waals surface area (Å²) in [5.74, 6) is 0.152. The van der Waals surface area contributed by atoms with Crippen molar-refractivity contribution in [1.82, 2.24) is 0 Å². The maximum absolute atomic E-state index is 12.0. The van der Waals surface area contributed by atoms with Gasteiger partial charge in [0, 0.05) is 20.2 Å². The number of hydrogen-bond acceptors (Lipinski definition) is 3. The van der Waals surface area contributed by atoms with E-state index in [0.717, 1.165) is 22.5 Å². The predicted octanol–water partition coefficient (Wildman–Crippen LogP) is 5.52. The Kier molecular flexibility index (Phi) is 4.40. The topological polar surface area (TPSA) is 17.1 Å². The van der Waals surface area contributed by atoms with Gasteiger partial charge in [0.05, 0.1) is 8.66 Å². The van der Waals surface area contributed by atoms with E-state index in [4.69, 9.17) is 0 Å². The molecule has 0 bridgehead atoms. The predicted molar refractivity (Wildman–Crippen MR) is 79.8 cm³/mol. The summed E-state index contributed by atoms with van der Waals surface area (Å²) in [5.41, 5.74) is 0. The van der Waals surface area contributed by atoms with Crippen molar-refractivity contribution in [2.75, 3.05) is 0 Å². The quantitative estimate of drug-likeness (QED) is 0.569. The number of carbonyl (C=O) groups excluding carboxylic acids is 1. The van der Waals surface area contributed by atoms with E-state index in [1.165, 1.54) is 11.3 Å². The highest BCUT2D eigenvalue weighted by Crippen LogP contribution is 2.33. The number of hydrogen-bond donors (Lipinski definition) is 0. The Morgan fingerprint density at radius 3 is 2.50 bits per heavy atom. The van der Waals surface area contributed by atoms with Gasteiger partial charge >= 0.3 is 0 Å². The Balaban J connectivity index is 2.18. The van der Waals surface area contributed by atoms with Crippen LogP contribution >= 0.6 is 70.5 Å². The average molecular weight is 445 g/mol. The molecule has 0 amide bonds. The number of ketones is 1. The van der Waals surface area contributed by atoms with Crippen LogP contribution in [-0.4, -0.2) is 5.78 Å². The first-order chi connectivity index (χ1) is 7.58. The molecule has 2 aromatic rings. The molecule has 2 rings (SSSR count). The van der Waals surface area contributed by atoms with Gasteiger partial charge in [0.1, 0.15) is 0 Å². The Morgan fingerprint density at radius 2 is 2.00 bits per heavy atom. The summed E-state index contributed by atoms with van der Waals surface area (Å²) in [6, 6.07) is 3.83. The van der Waals surface area contributed by atoms with Crippen LogP contribution in [0.5, 0.6) is 0 Å². The van der Waals surface area contributed by atoms with Crippen molar-refractivity contribution in [1.29, 1.82) is 0 Å². The molecular weight excluding hydrogens is 440 g/mol. The minimum Gasteiger partial charge on any atom is -0.293 e. The number of thiophene rings is 2. The summed E-state index contributed by atoms with van der Waals surface area (Å²) in [4.78, 5) is 13.8. The van der Waals surface area contributed by atoms with Gasteiger partial charge in [-0.2, -0.15) is 0 Å². The van der Waals surface area contributed by atoms with Crippen molar-refractivity contribution in [2.45, 2.75) is 6.42 Å². The first-order valence-electron chi connectivity index (χ1n) is 4.28. The van der Waals surface area contributed by atoms with Gasteiger partial charge in [-0.3, -0.25) is 4.79 Å². The normalized spacial score (nSPS) is 10.7. The lowest BCUT2D eigenvalue weighted by Gasteiger charge is -1.95. The van der Waals surface area contributed by atoms with E-state index < -0.39 is 0 Å². The first-order valence-corrected chi connectivity index (χ1v) is 8.35. The average Bonchev–Trinajstić information content (AvgIpc) is 2.76. The van der Waals surface area contributed by atoms with E-state index in [0.29, 0.717) is 6.42 Å². The molecule has 1 nitrogen and oxygen atoms in total. The lowest BCUT2D eigenvalue weighted by Crippen LogP contribution is -1.99. The van der Waals surface area contributed by atoms with Crippen molar-refractivity contribution >= 4 is 76.2 Å². The monoisotopic (exact) mass is 442 g/mol. The smallest absolute Gasteiger partial charge is 0.178 e. The lowest BCUT2D eigenvalue weighted by molar-refractivity contribution is 0.0997. The van der Waals surface area contributed by atoms with Crippen LogP contribution in [0.15, 0.2) is 30.2 Å². The molecule has 0 fully saturated rings. The zero-order valence-corrected chi connectivity index (χ0v) is 14.2. The fraction of sp³-hybridized carbons (Fsp3) is 0.100. The van der Waals surface area contributed by atoms with Crippen LogP contribution in [0.1, 0.15) is 14.5 Å². The maximum Gasteiger partial charge on any atom is 0.178 e. The molecule has 0 spiro atoms. The molecule has 0 radical (unpaired) electrons. The van der Waals surface area contributed by atoms with Gasteiger partial charge in [0.25, 0.3) is 0 Å². The molecule has 0 aliphatic carbocycles. The van der Waals surface area contributed by atoms with Crippen LogP contribution in [0.4, 0.5) is 0 Å². The van der Waals surface area contributed by atoms with Crippen molar-refractivity contribution in [2.24, 2.45) is 0 Å². The molecule has 0 atom stereocenters. The van der Waals surface area contributed by atoms with Crippen LogP contribution < -0.4 is 0 Å². The summed E-state index contributed by atoms with van der Waals surface area (Å²) in [7, 11) is 0. The highest BCUT2D eigenvalue weighted by atomic mass is 79.9. The van der Waals surface area contributed by atoms with Gasteiger partial charge in [-0.1, -0.05) is 0 Å². The van der Waals surface area contributed by atoms with E-state index in [2.05, 4.69) is 47.8 Å². The van der Waals surface area contributed by atoms with Crippen molar-refractivity contribution in [3.05, 3.63) is 40.0 Å². The standard InChI is InChI=1S/C10H5Br3OS2/c11-5-1-2-15-8(5)4-7(14)9-3-6(12)10(13)16-9/h1-3H,4H2. The highest BCUT2D eigenvalue weighted by molar-refractivity contribution is 9.13. The molecule has 16 heavy (non-hydrogen) atoms.